The molecule has 0 aliphatic carbocycles. The van der Waals surface area contributed by atoms with Gasteiger partial charge in [-0.3, -0.25) is 4.79 Å². The summed E-state index contributed by atoms with van der Waals surface area (Å²) in [5.41, 5.74) is 1.01. The quantitative estimate of drug-likeness (QED) is 0.803. The van der Waals surface area contributed by atoms with Crippen LogP contribution in [0.4, 0.5) is 0 Å². The maximum absolute atomic E-state index is 10.3. The molecule has 0 atom stereocenters. The fourth-order valence-corrected chi connectivity index (χ4v) is 1.25. The van der Waals surface area contributed by atoms with Crippen LogP contribution >= 0.6 is 0 Å². The molecule has 1 aromatic rings. The van der Waals surface area contributed by atoms with Gasteiger partial charge < -0.3 is 5.11 Å². The molecule has 0 fully saturated rings. The van der Waals surface area contributed by atoms with Gasteiger partial charge in [0.1, 0.15) is 5.82 Å². The zero-order valence-electron chi connectivity index (χ0n) is 9.10. The Hall–Kier alpha value is -1.45. The lowest BCUT2D eigenvalue weighted by Gasteiger charge is -2.05. The van der Waals surface area contributed by atoms with Gasteiger partial charge in [-0.1, -0.05) is 13.8 Å². The molecule has 1 heterocycles. The summed E-state index contributed by atoms with van der Waals surface area (Å²) >= 11 is 0. The van der Waals surface area contributed by atoms with Crippen LogP contribution in [0.5, 0.6) is 0 Å². The predicted molar refractivity (Wildman–Crippen MR) is 56.7 cm³/mol. The van der Waals surface area contributed by atoms with Gasteiger partial charge >= 0.3 is 5.97 Å². The van der Waals surface area contributed by atoms with Crippen molar-refractivity contribution < 1.29 is 9.90 Å². The molecule has 0 radical (unpaired) electrons. The Bertz CT molecular complexity index is 337. The van der Waals surface area contributed by atoms with E-state index in [1.54, 1.807) is 6.20 Å². The van der Waals surface area contributed by atoms with Crippen LogP contribution in [0.25, 0.3) is 0 Å². The molecule has 1 aromatic heterocycles. The molecule has 4 nitrogen and oxygen atoms in total. The summed E-state index contributed by atoms with van der Waals surface area (Å²) in [6.45, 7) is 4.15. The Morgan fingerprint density at radius 1 is 1.53 bits per heavy atom. The van der Waals surface area contributed by atoms with Gasteiger partial charge in [-0.15, -0.1) is 0 Å². The summed E-state index contributed by atoms with van der Waals surface area (Å²) < 4.78 is 0. The van der Waals surface area contributed by atoms with Crippen molar-refractivity contribution in [2.24, 2.45) is 0 Å². The predicted octanol–water partition coefficient (Wildman–Crippen LogP) is 2.01. The number of aliphatic carboxylic acids is 1. The lowest BCUT2D eigenvalue weighted by atomic mass is 10.1. The van der Waals surface area contributed by atoms with E-state index in [9.17, 15) is 4.79 Å². The summed E-state index contributed by atoms with van der Waals surface area (Å²) in [7, 11) is 0. The standard InChI is InChI=1S/C11H16N2O2/c1-8(2)9-6-7-12-10(13-9)4-3-5-11(14)15/h6-8H,3-5H2,1-2H3,(H,14,15). The zero-order chi connectivity index (χ0) is 11.3. The maximum Gasteiger partial charge on any atom is 0.303 e. The van der Waals surface area contributed by atoms with Gasteiger partial charge in [0, 0.05) is 24.7 Å². The summed E-state index contributed by atoms with van der Waals surface area (Å²) in [6.07, 6.45) is 3.14. The second-order valence-corrected chi connectivity index (χ2v) is 3.80. The van der Waals surface area contributed by atoms with Crippen LogP contribution in [0, 0.1) is 0 Å². The Morgan fingerprint density at radius 3 is 2.87 bits per heavy atom. The molecular formula is C11H16N2O2. The van der Waals surface area contributed by atoms with Crippen molar-refractivity contribution in [2.75, 3.05) is 0 Å². The summed E-state index contributed by atoms with van der Waals surface area (Å²) in [5, 5.41) is 8.49. The Kier molecular flexibility index (Phi) is 4.21. The zero-order valence-corrected chi connectivity index (χ0v) is 9.10. The van der Waals surface area contributed by atoms with E-state index in [0.717, 1.165) is 11.5 Å². The minimum absolute atomic E-state index is 0.176. The molecule has 1 rings (SSSR count). The monoisotopic (exact) mass is 208 g/mol. The lowest BCUT2D eigenvalue weighted by Crippen LogP contribution is -2.02. The third kappa shape index (κ3) is 4.06. The van der Waals surface area contributed by atoms with Crippen molar-refractivity contribution in [1.29, 1.82) is 0 Å². The number of nitrogens with zero attached hydrogens (tertiary/aromatic N) is 2. The van der Waals surface area contributed by atoms with Crippen molar-refractivity contribution in [1.82, 2.24) is 9.97 Å². The van der Waals surface area contributed by atoms with E-state index in [-0.39, 0.29) is 6.42 Å². The van der Waals surface area contributed by atoms with Gasteiger partial charge in [-0.2, -0.15) is 0 Å². The van der Waals surface area contributed by atoms with E-state index in [4.69, 9.17) is 5.11 Å². The summed E-state index contributed by atoms with van der Waals surface area (Å²) in [4.78, 5) is 18.8. The van der Waals surface area contributed by atoms with Gasteiger partial charge in [-0.25, -0.2) is 9.97 Å². The van der Waals surface area contributed by atoms with Crippen LogP contribution < -0.4 is 0 Å². The van der Waals surface area contributed by atoms with Crippen LogP contribution in [-0.2, 0) is 11.2 Å². The van der Waals surface area contributed by atoms with Gasteiger partial charge in [0.25, 0.3) is 0 Å². The highest BCUT2D eigenvalue weighted by Crippen LogP contribution is 2.10. The molecule has 0 spiro atoms. The van der Waals surface area contributed by atoms with E-state index < -0.39 is 5.97 Å². The molecule has 0 saturated carbocycles. The molecule has 15 heavy (non-hydrogen) atoms. The van der Waals surface area contributed by atoms with Crippen molar-refractivity contribution in [2.45, 2.75) is 39.0 Å². The molecule has 0 bridgehead atoms. The van der Waals surface area contributed by atoms with Crippen molar-refractivity contribution in [3.05, 3.63) is 23.8 Å². The molecule has 0 aliphatic rings. The molecule has 82 valence electrons. The molecule has 0 amide bonds. The summed E-state index contributed by atoms with van der Waals surface area (Å²) in [6, 6.07) is 1.89. The van der Waals surface area contributed by atoms with Crippen molar-refractivity contribution in [3.63, 3.8) is 0 Å². The largest absolute Gasteiger partial charge is 0.481 e. The van der Waals surface area contributed by atoms with Crippen LogP contribution in [0.1, 0.15) is 44.1 Å². The fraction of sp³-hybridized carbons (Fsp3) is 0.545. The Labute approximate surface area is 89.4 Å². The smallest absolute Gasteiger partial charge is 0.303 e. The van der Waals surface area contributed by atoms with E-state index in [1.165, 1.54) is 0 Å². The molecule has 0 unspecified atom stereocenters. The third-order valence-electron chi connectivity index (χ3n) is 2.11. The van der Waals surface area contributed by atoms with E-state index in [0.29, 0.717) is 18.8 Å². The average Bonchev–Trinajstić information content (AvgIpc) is 2.17. The number of aryl methyl sites for hydroxylation is 1. The number of carboxylic acid groups (broad SMARTS) is 1. The van der Waals surface area contributed by atoms with Crippen LogP contribution in [0.3, 0.4) is 0 Å². The highest BCUT2D eigenvalue weighted by Gasteiger charge is 2.04. The summed E-state index contributed by atoms with van der Waals surface area (Å²) in [5.74, 6) is 0.351. The lowest BCUT2D eigenvalue weighted by molar-refractivity contribution is -0.137. The van der Waals surface area contributed by atoms with Gasteiger partial charge in [0.2, 0.25) is 0 Å². The first kappa shape index (κ1) is 11.6. The molecule has 0 aliphatic heterocycles. The molecule has 0 saturated heterocycles. The van der Waals surface area contributed by atoms with Gasteiger partial charge in [-0.05, 0) is 18.4 Å². The fourth-order valence-electron chi connectivity index (χ4n) is 1.25. The van der Waals surface area contributed by atoms with Crippen LogP contribution in [-0.4, -0.2) is 21.0 Å². The highest BCUT2D eigenvalue weighted by atomic mass is 16.4. The second-order valence-electron chi connectivity index (χ2n) is 3.80. The van der Waals surface area contributed by atoms with E-state index >= 15 is 0 Å². The number of hydrogen-bond donors (Lipinski definition) is 1. The average molecular weight is 208 g/mol. The van der Waals surface area contributed by atoms with Gasteiger partial charge in [0.05, 0.1) is 0 Å². The van der Waals surface area contributed by atoms with Crippen LogP contribution in [0.2, 0.25) is 0 Å². The first-order valence-electron chi connectivity index (χ1n) is 5.13. The van der Waals surface area contributed by atoms with Crippen molar-refractivity contribution in [3.8, 4) is 0 Å². The van der Waals surface area contributed by atoms with Gasteiger partial charge in [0.15, 0.2) is 0 Å². The maximum atomic E-state index is 10.3. The highest BCUT2D eigenvalue weighted by molar-refractivity contribution is 5.66. The first-order chi connectivity index (χ1) is 7.09. The number of carboxylic acids is 1. The van der Waals surface area contributed by atoms with E-state index in [1.807, 2.05) is 6.07 Å². The topological polar surface area (TPSA) is 63.1 Å². The Morgan fingerprint density at radius 2 is 2.27 bits per heavy atom. The molecule has 1 N–H and O–H groups in total. The molecular weight excluding hydrogens is 192 g/mol. The normalized spacial score (nSPS) is 10.6. The number of carbonyl (C=O) groups is 1. The minimum Gasteiger partial charge on any atom is -0.481 e. The SMILES string of the molecule is CC(C)c1ccnc(CCCC(=O)O)n1. The van der Waals surface area contributed by atoms with E-state index in [2.05, 4.69) is 23.8 Å². The first-order valence-corrected chi connectivity index (χ1v) is 5.13. The molecule has 0 aromatic carbocycles. The third-order valence-corrected chi connectivity index (χ3v) is 2.11. The second kappa shape index (κ2) is 5.44. The van der Waals surface area contributed by atoms with Crippen LogP contribution in [0.15, 0.2) is 12.3 Å². The Balaban J connectivity index is 2.54. The minimum atomic E-state index is -0.769. The van der Waals surface area contributed by atoms with Crippen molar-refractivity contribution >= 4 is 5.97 Å². The number of rotatable bonds is 5. The number of hydrogen-bond acceptors (Lipinski definition) is 3. The number of aromatic nitrogens is 2. The molecule has 4 heteroatoms.